The van der Waals surface area contributed by atoms with Crippen molar-refractivity contribution in [2.45, 2.75) is 19.9 Å². The first-order valence-corrected chi connectivity index (χ1v) is 10.6. The van der Waals surface area contributed by atoms with E-state index in [-0.39, 0.29) is 12.5 Å². The third-order valence-corrected chi connectivity index (χ3v) is 5.17. The Kier molecular flexibility index (Phi) is 9.97. The maximum absolute atomic E-state index is 12.3. The number of ether oxygens (including phenoxy) is 1. The number of aryl methyl sites for hydroxylation is 1. The number of carboxylic acid groups (broad SMARTS) is 2. The number of carbonyl (C=O) groups is 3. The van der Waals surface area contributed by atoms with Crippen LogP contribution in [0.3, 0.4) is 0 Å². The van der Waals surface area contributed by atoms with Crippen molar-refractivity contribution in [2.24, 2.45) is 0 Å². The number of benzene rings is 2. The number of amides is 1. The largest absolute Gasteiger partial charge is 0.484 e. The molecule has 0 spiro atoms. The topological polar surface area (TPSA) is 107 Å². The second-order valence-electron chi connectivity index (χ2n) is 7.18. The predicted molar refractivity (Wildman–Crippen MR) is 120 cm³/mol. The molecule has 0 atom stereocenters. The maximum atomic E-state index is 12.3. The first kappa shape index (κ1) is 25.2. The zero-order valence-corrected chi connectivity index (χ0v) is 18.6. The van der Waals surface area contributed by atoms with Gasteiger partial charge in [-0.05, 0) is 41.8 Å². The molecule has 8 nitrogen and oxygen atoms in total. The summed E-state index contributed by atoms with van der Waals surface area (Å²) >= 11 is 5.85. The molecule has 2 N–H and O–H groups in total. The van der Waals surface area contributed by atoms with Crippen molar-refractivity contribution >= 4 is 29.4 Å². The minimum Gasteiger partial charge on any atom is -0.484 e. The predicted octanol–water partition coefficient (Wildman–Crippen LogP) is 2.78. The van der Waals surface area contributed by atoms with Crippen molar-refractivity contribution in [2.75, 3.05) is 32.8 Å². The van der Waals surface area contributed by atoms with Gasteiger partial charge in [0.2, 0.25) is 0 Å². The highest BCUT2D eigenvalue weighted by molar-refractivity contribution is 6.30. The molecule has 1 aliphatic rings. The number of nitrogens with zero attached hydrogens (tertiary/aromatic N) is 2. The molecule has 1 heterocycles. The van der Waals surface area contributed by atoms with Gasteiger partial charge in [-0.3, -0.25) is 9.69 Å². The van der Waals surface area contributed by atoms with Gasteiger partial charge in [-0.25, -0.2) is 9.59 Å². The Balaban J connectivity index is 0.000000534. The Hall–Kier alpha value is -3.10. The van der Waals surface area contributed by atoms with Gasteiger partial charge in [-0.2, -0.15) is 0 Å². The van der Waals surface area contributed by atoms with Crippen LogP contribution in [0.15, 0.2) is 48.5 Å². The normalized spacial score (nSPS) is 13.6. The van der Waals surface area contributed by atoms with E-state index in [1.54, 1.807) is 24.3 Å². The molecule has 0 unspecified atom stereocenters. The fourth-order valence-corrected chi connectivity index (χ4v) is 3.19. The quantitative estimate of drug-likeness (QED) is 0.635. The van der Waals surface area contributed by atoms with E-state index >= 15 is 0 Å². The van der Waals surface area contributed by atoms with Crippen LogP contribution >= 0.6 is 11.6 Å². The number of carbonyl (C=O) groups excluding carboxylic acids is 1. The summed E-state index contributed by atoms with van der Waals surface area (Å²) in [7, 11) is 0. The number of halogens is 1. The van der Waals surface area contributed by atoms with Gasteiger partial charge in [0.25, 0.3) is 5.91 Å². The number of hydrogen-bond donors (Lipinski definition) is 2. The Morgan fingerprint density at radius 1 is 0.875 bits per heavy atom. The van der Waals surface area contributed by atoms with Crippen LogP contribution in [0, 0.1) is 0 Å². The average Bonchev–Trinajstić information content (AvgIpc) is 2.80. The molecule has 9 heteroatoms. The summed E-state index contributed by atoms with van der Waals surface area (Å²) < 4.78 is 5.56. The second kappa shape index (κ2) is 12.7. The molecular formula is C23H27ClN2O6. The van der Waals surface area contributed by atoms with Crippen LogP contribution in [0.25, 0.3) is 0 Å². The lowest BCUT2D eigenvalue weighted by atomic mass is 10.1. The van der Waals surface area contributed by atoms with Crippen LogP contribution in [-0.4, -0.2) is 70.6 Å². The van der Waals surface area contributed by atoms with Crippen molar-refractivity contribution in [3.63, 3.8) is 0 Å². The highest BCUT2D eigenvalue weighted by atomic mass is 35.5. The zero-order valence-electron chi connectivity index (χ0n) is 17.9. The van der Waals surface area contributed by atoms with E-state index in [9.17, 15) is 4.79 Å². The maximum Gasteiger partial charge on any atom is 0.414 e. The zero-order chi connectivity index (χ0) is 23.5. The minimum absolute atomic E-state index is 0.0342. The minimum atomic E-state index is -1.82. The van der Waals surface area contributed by atoms with Crippen LogP contribution < -0.4 is 4.74 Å². The number of carboxylic acids is 2. The monoisotopic (exact) mass is 462 g/mol. The van der Waals surface area contributed by atoms with Crippen molar-refractivity contribution in [1.29, 1.82) is 0 Å². The molecule has 32 heavy (non-hydrogen) atoms. The molecule has 1 aliphatic heterocycles. The summed E-state index contributed by atoms with van der Waals surface area (Å²) in [6, 6.07) is 15.9. The van der Waals surface area contributed by atoms with Crippen LogP contribution in [0.5, 0.6) is 5.75 Å². The van der Waals surface area contributed by atoms with E-state index in [1.807, 2.05) is 4.90 Å². The van der Waals surface area contributed by atoms with Crippen molar-refractivity contribution in [1.82, 2.24) is 9.80 Å². The highest BCUT2D eigenvalue weighted by Crippen LogP contribution is 2.16. The molecule has 1 amide bonds. The molecular weight excluding hydrogens is 436 g/mol. The first-order chi connectivity index (χ1) is 15.3. The molecule has 2 aromatic carbocycles. The molecule has 1 saturated heterocycles. The molecule has 1 fully saturated rings. The van der Waals surface area contributed by atoms with Crippen molar-refractivity contribution in [3.8, 4) is 5.75 Å². The van der Waals surface area contributed by atoms with E-state index in [4.69, 9.17) is 36.1 Å². The summed E-state index contributed by atoms with van der Waals surface area (Å²) in [6.45, 7) is 6.45. The van der Waals surface area contributed by atoms with Gasteiger partial charge < -0.3 is 19.8 Å². The average molecular weight is 463 g/mol. The van der Waals surface area contributed by atoms with Crippen molar-refractivity contribution < 1.29 is 29.3 Å². The summed E-state index contributed by atoms with van der Waals surface area (Å²) in [6.07, 6.45) is 1.07. The fourth-order valence-electron chi connectivity index (χ4n) is 3.06. The second-order valence-corrected chi connectivity index (χ2v) is 7.62. The Morgan fingerprint density at radius 2 is 1.41 bits per heavy atom. The molecule has 0 radical (unpaired) electrons. The molecule has 0 saturated carbocycles. The molecule has 0 aromatic heterocycles. The SMILES string of the molecule is CCc1ccc(CN2CCN(C(=O)COc3ccc(Cl)cc3)CC2)cc1.O=C(O)C(=O)O. The van der Waals surface area contributed by atoms with Crippen LogP contribution in [0.1, 0.15) is 18.1 Å². The first-order valence-electron chi connectivity index (χ1n) is 10.2. The van der Waals surface area contributed by atoms with Gasteiger partial charge in [0, 0.05) is 37.7 Å². The van der Waals surface area contributed by atoms with E-state index in [0.717, 1.165) is 39.1 Å². The number of hydrogen-bond acceptors (Lipinski definition) is 5. The lowest BCUT2D eigenvalue weighted by molar-refractivity contribution is -0.159. The van der Waals surface area contributed by atoms with E-state index < -0.39 is 11.9 Å². The van der Waals surface area contributed by atoms with Crippen molar-refractivity contribution in [3.05, 3.63) is 64.7 Å². The third-order valence-electron chi connectivity index (χ3n) is 4.92. The summed E-state index contributed by atoms with van der Waals surface area (Å²) in [5, 5.41) is 15.4. The van der Waals surface area contributed by atoms with Gasteiger partial charge in [-0.1, -0.05) is 42.8 Å². The van der Waals surface area contributed by atoms with Gasteiger partial charge in [-0.15, -0.1) is 0 Å². The molecule has 2 aromatic rings. The fraction of sp³-hybridized carbons (Fsp3) is 0.348. The van der Waals surface area contributed by atoms with Crippen LogP contribution in [0.4, 0.5) is 0 Å². The van der Waals surface area contributed by atoms with Gasteiger partial charge in [0.15, 0.2) is 6.61 Å². The summed E-state index contributed by atoms with van der Waals surface area (Å²) in [5.74, 6) is -2.95. The van der Waals surface area contributed by atoms with Gasteiger partial charge in [0.1, 0.15) is 5.75 Å². The standard InChI is InChI=1S/C21H25ClN2O2.C2H2O4/c1-2-17-3-5-18(6-4-17)15-23-11-13-24(14-12-23)21(25)16-26-20-9-7-19(22)8-10-20;3-1(4)2(5)6/h3-10H,2,11-16H2,1H3;(H,3,4)(H,5,6). The highest BCUT2D eigenvalue weighted by Gasteiger charge is 2.21. The number of piperazine rings is 1. The lowest BCUT2D eigenvalue weighted by Crippen LogP contribution is -2.49. The Bertz CT molecular complexity index is 882. The summed E-state index contributed by atoms with van der Waals surface area (Å²) in [4.78, 5) is 34.8. The molecule has 3 rings (SSSR count). The lowest BCUT2D eigenvalue weighted by Gasteiger charge is -2.34. The van der Waals surface area contributed by atoms with E-state index in [2.05, 4.69) is 36.1 Å². The number of aliphatic carboxylic acids is 2. The smallest absolute Gasteiger partial charge is 0.414 e. The molecule has 172 valence electrons. The van der Waals surface area contributed by atoms with Crippen LogP contribution in [-0.2, 0) is 27.3 Å². The van der Waals surface area contributed by atoms with E-state index in [0.29, 0.717) is 10.8 Å². The molecule has 0 aliphatic carbocycles. The number of rotatable bonds is 6. The molecule has 0 bridgehead atoms. The van der Waals surface area contributed by atoms with Gasteiger partial charge >= 0.3 is 11.9 Å². The Labute approximate surface area is 192 Å². The van der Waals surface area contributed by atoms with Crippen LogP contribution in [0.2, 0.25) is 5.02 Å². The van der Waals surface area contributed by atoms with Gasteiger partial charge in [0.05, 0.1) is 0 Å². The Morgan fingerprint density at radius 3 is 1.91 bits per heavy atom. The van der Waals surface area contributed by atoms with E-state index in [1.165, 1.54) is 11.1 Å². The summed E-state index contributed by atoms with van der Waals surface area (Å²) in [5.41, 5.74) is 2.69. The third kappa shape index (κ3) is 8.56.